The van der Waals surface area contributed by atoms with Crippen LogP contribution in [-0.4, -0.2) is 22.3 Å². The van der Waals surface area contributed by atoms with Crippen molar-refractivity contribution in [3.8, 4) is 0 Å². The molecule has 3 heterocycles. The SMILES string of the molecule is C1=C(c2ccnnc2)C2CCC(C1)N2. The van der Waals surface area contributed by atoms with Gasteiger partial charge >= 0.3 is 0 Å². The van der Waals surface area contributed by atoms with Crippen LogP contribution in [0.1, 0.15) is 24.8 Å². The normalized spacial score (nSPS) is 30.1. The van der Waals surface area contributed by atoms with E-state index in [4.69, 9.17) is 0 Å². The minimum absolute atomic E-state index is 0.554. The Morgan fingerprint density at radius 2 is 2.29 bits per heavy atom. The molecule has 1 fully saturated rings. The van der Waals surface area contributed by atoms with Gasteiger partial charge in [0.1, 0.15) is 0 Å². The van der Waals surface area contributed by atoms with E-state index in [1.807, 2.05) is 12.3 Å². The molecule has 0 aliphatic carbocycles. The molecule has 2 atom stereocenters. The molecule has 14 heavy (non-hydrogen) atoms. The largest absolute Gasteiger partial charge is 0.307 e. The number of hydrogen-bond acceptors (Lipinski definition) is 3. The molecule has 2 unspecified atom stereocenters. The van der Waals surface area contributed by atoms with Crippen molar-refractivity contribution in [2.24, 2.45) is 0 Å². The van der Waals surface area contributed by atoms with Crippen molar-refractivity contribution in [3.63, 3.8) is 0 Å². The van der Waals surface area contributed by atoms with Crippen molar-refractivity contribution >= 4 is 5.57 Å². The molecule has 3 heteroatoms. The summed E-state index contributed by atoms with van der Waals surface area (Å²) in [5, 5.41) is 11.3. The number of nitrogens with one attached hydrogen (secondary N) is 1. The highest BCUT2D eigenvalue weighted by Gasteiger charge is 2.30. The average molecular weight is 187 g/mol. The molecule has 1 saturated heterocycles. The summed E-state index contributed by atoms with van der Waals surface area (Å²) < 4.78 is 0. The molecule has 0 spiro atoms. The third-order valence-corrected chi connectivity index (χ3v) is 3.16. The van der Waals surface area contributed by atoms with Gasteiger partial charge in [0.15, 0.2) is 0 Å². The van der Waals surface area contributed by atoms with Gasteiger partial charge in [-0.05, 0) is 30.9 Å². The van der Waals surface area contributed by atoms with E-state index in [0.717, 1.165) is 12.5 Å². The second-order valence-electron chi connectivity index (χ2n) is 4.02. The summed E-state index contributed by atoms with van der Waals surface area (Å²) in [6.45, 7) is 0. The van der Waals surface area contributed by atoms with E-state index >= 15 is 0 Å². The first kappa shape index (κ1) is 8.12. The number of aromatic nitrogens is 2. The minimum atomic E-state index is 0.554. The van der Waals surface area contributed by atoms with Gasteiger partial charge in [0.25, 0.3) is 0 Å². The zero-order valence-corrected chi connectivity index (χ0v) is 7.98. The summed E-state index contributed by atoms with van der Waals surface area (Å²) >= 11 is 0. The fraction of sp³-hybridized carbons (Fsp3) is 0.455. The zero-order chi connectivity index (χ0) is 9.38. The van der Waals surface area contributed by atoms with Crippen LogP contribution in [0.15, 0.2) is 24.5 Å². The van der Waals surface area contributed by atoms with E-state index in [0.29, 0.717) is 6.04 Å². The lowest BCUT2D eigenvalue weighted by Crippen LogP contribution is -2.33. The molecule has 1 aromatic heterocycles. The Balaban J connectivity index is 1.96. The molecule has 1 aromatic rings. The Hall–Kier alpha value is -1.22. The maximum absolute atomic E-state index is 3.92. The van der Waals surface area contributed by atoms with Crippen LogP contribution in [-0.2, 0) is 0 Å². The number of hydrogen-bond donors (Lipinski definition) is 1. The zero-order valence-electron chi connectivity index (χ0n) is 7.98. The van der Waals surface area contributed by atoms with Gasteiger partial charge in [0.05, 0.1) is 12.4 Å². The van der Waals surface area contributed by atoms with Crippen LogP contribution < -0.4 is 5.32 Å². The van der Waals surface area contributed by atoms with Gasteiger partial charge in [-0.2, -0.15) is 10.2 Å². The van der Waals surface area contributed by atoms with E-state index in [9.17, 15) is 0 Å². The summed E-state index contributed by atoms with van der Waals surface area (Å²) in [4.78, 5) is 0. The van der Waals surface area contributed by atoms with Crippen molar-refractivity contribution in [3.05, 3.63) is 30.1 Å². The predicted molar refractivity (Wildman–Crippen MR) is 54.6 cm³/mol. The van der Waals surface area contributed by atoms with E-state index < -0.39 is 0 Å². The fourth-order valence-electron chi connectivity index (χ4n) is 2.44. The van der Waals surface area contributed by atoms with Crippen LogP contribution in [0.2, 0.25) is 0 Å². The molecule has 2 bridgehead atoms. The molecule has 0 saturated carbocycles. The van der Waals surface area contributed by atoms with Crippen LogP contribution in [0.5, 0.6) is 0 Å². The first-order valence-corrected chi connectivity index (χ1v) is 5.16. The number of rotatable bonds is 1. The fourth-order valence-corrected chi connectivity index (χ4v) is 2.44. The molecule has 72 valence electrons. The predicted octanol–water partition coefficient (Wildman–Crippen LogP) is 1.38. The Bertz CT molecular complexity index is 358. The van der Waals surface area contributed by atoms with Gasteiger partial charge < -0.3 is 5.32 Å². The smallest absolute Gasteiger partial charge is 0.0571 e. The standard InChI is InChI=1S/C11H13N3/c1-3-10(8-5-6-12-13-7-8)11-4-2-9(1)14-11/h3,5-7,9,11,14H,1-2,4H2. The number of fused-ring (bicyclic) bond motifs is 2. The van der Waals surface area contributed by atoms with Crippen molar-refractivity contribution in [2.45, 2.75) is 31.3 Å². The molecule has 0 amide bonds. The van der Waals surface area contributed by atoms with Crippen molar-refractivity contribution in [2.75, 3.05) is 0 Å². The second-order valence-corrected chi connectivity index (χ2v) is 4.02. The first-order chi connectivity index (χ1) is 6.93. The van der Waals surface area contributed by atoms with Crippen molar-refractivity contribution in [1.82, 2.24) is 15.5 Å². The third kappa shape index (κ3) is 1.24. The maximum atomic E-state index is 3.92. The highest BCUT2D eigenvalue weighted by Crippen LogP contribution is 2.32. The summed E-state index contributed by atoms with van der Waals surface area (Å²) in [5.74, 6) is 0. The molecule has 2 aliphatic rings. The molecule has 0 radical (unpaired) electrons. The van der Waals surface area contributed by atoms with Crippen LogP contribution in [0, 0.1) is 0 Å². The lowest BCUT2D eigenvalue weighted by molar-refractivity contribution is 0.574. The molecule has 2 aliphatic heterocycles. The van der Waals surface area contributed by atoms with E-state index in [2.05, 4.69) is 21.6 Å². The van der Waals surface area contributed by atoms with E-state index in [1.165, 1.54) is 24.0 Å². The lowest BCUT2D eigenvalue weighted by atomic mass is 9.98. The minimum Gasteiger partial charge on any atom is -0.307 e. The summed E-state index contributed by atoms with van der Waals surface area (Å²) in [5.41, 5.74) is 2.63. The monoisotopic (exact) mass is 187 g/mol. The van der Waals surface area contributed by atoms with Crippen molar-refractivity contribution in [1.29, 1.82) is 0 Å². The molecule has 3 rings (SSSR count). The Kier molecular flexibility index (Phi) is 1.84. The average Bonchev–Trinajstić information content (AvgIpc) is 2.62. The van der Waals surface area contributed by atoms with Crippen molar-refractivity contribution < 1.29 is 0 Å². The Morgan fingerprint density at radius 1 is 1.29 bits per heavy atom. The molecule has 0 aromatic carbocycles. The molecular formula is C11H13N3. The van der Waals surface area contributed by atoms with Gasteiger partial charge in [-0.1, -0.05) is 6.08 Å². The van der Waals surface area contributed by atoms with Crippen LogP contribution in [0.25, 0.3) is 5.57 Å². The summed E-state index contributed by atoms with van der Waals surface area (Å²) in [7, 11) is 0. The summed E-state index contributed by atoms with van der Waals surface area (Å²) in [6.07, 6.45) is 9.70. The molecular weight excluding hydrogens is 174 g/mol. The molecule has 1 N–H and O–H groups in total. The van der Waals surface area contributed by atoms with Crippen LogP contribution in [0.3, 0.4) is 0 Å². The Labute approximate surface area is 83.2 Å². The van der Waals surface area contributed by atoms with Gasteiger partial charge in [0.2, 0.25) is 0 Å². The highest BCUT2D eigenvalue weighted by atomic mass is 15.1. The first-order valence-electron chi connectivity index (χ1n) is 5.16. The van der Waals surface area contributed by atoms with Gasteiger partial charge in [-0.15, -0.1) is 0 Å². The summed E-state index contributed by atoms with van der Waals surface area (Å²) in [6, 6.07) is 3.32. The quantitative estimate of drug-likeness (QED) is 0.721. The highest BCUT2D eigenvalue weighted by molar-refractivity contribution is 5.70. The van der Waals surface area contributed by atoms with E-state index in [-0.39, 0.29) is 0 Å². The molecule has 3 nitrogen and oxygen atoms in total. The van der Waals surface area contributed by atoms with Crippen LogP contribution in [0.4, 0.5) is 0 Å². The van der Waals surface area contributed by atoms with Gasteiger partial charge in [-0.25, -0.2) is 0 Å². The van der Waals surface area contributed by atoms with Gasteiger partial charge in [-0.3, -0.25) is 0 Å². The maximum Gasteiger partial charge on any atom is 0.0571 e. The third-order valence-electron chi connectivity index (χ3n) is 3.16. The Morgan fingerprint density at radius 3 is 3.14 bits per heavy atom. The number of nitrogens with zero attached hydrogens (tertiary/aromatic N) is 2. The van der Waals surface area contributed by atoms with Gasteiger partial charge in [0, 0.05) is 17.6 Å². The van der Waals surface area contributed by atoms with E-state index in [1.54, 1.807) is 6.20 Å². The van der Waals surface area contributed by atoms with Crippen LogP contribution >= 0.6 is 0 Å². The lowest BCUT2D eigenvalue weighted by Gasteiger charge is -2.22. The second kappa shape index (κ2) is 3.17. The topological polar surface area (TPSA) is 37.8 Å².